The van der Waals surface area contributed by atoms with Crippen LogP contribution in [0.2, 0.25) is 0 Å². The molecule has 2 heterocycles. The molecule has 0 radical (unpaired) electrons. The van der Waals surface area contributed by atoms with E-state index in [1.165, 1.54) is 17.4 Å². The van der Waals surface area contributed by atoms with Crippen molar-refractivity contribution in [2.45, 2.75) is 12.8 Å². The second-order valence-electron chi connectivity index (χ2n) is 5.39. The van der Waals surface area contributed by atoms with E-state index in [-0.39, 0.29) is 24.2 Å². The highest BCUT2D eigenvalue weighted by molar-refractivity contribution is 7.10. The van der Waals surface area contributed by atoms with E-state index in [0.717, 1.165) is 16.1 Å². The summed E-state index contributed by atoms with van der Waals surface area (Å²) in [4.78, 5) is 36.4. The molecule has 1 aliphatic heterocycles. The molecule has 122 valence electrons. The number of thiophene rings is 1. The van der Waals surface area contributed by atoms with Crippen LogP contribution in [0.15, 0.2) is 41.8 Å². The van der Waals surface area contributed by atoms with E-state index < -0.39 is 5.97 Å². The van der Waals surface area contributed by atoms with Crippen LogP contribution in [0.25, 0.3) is 6.08 Å². The average Bonchev–Trinajstić information content (AvgIpc) is 3.19. The summed E-state index contributed by atoms with van der Waals surface area (Å²) in [6, 6.07) is 8.75. The van der Waals surface area contributed by atoms with Crippen LogP contribution in [-0.4, -0.2) is 24.3 Å². The molecule has 1 aliphatic rings. The zero-order chi connectivity index (χ0) is 17.1. The number of Topliss-reactive ketones (excluding diaryl/α,β-unsaturated/α-hetero) is 1. The van der Waals surface area contributed by atoms with Gasteiger partial charge in [-0.25, -0.2) is 4.79 Å². The van der Waals surface area contributed by atoms with Gasteiger partial charge in [0, 0.05) is 22.2 Å². The number of carbonyl (C=O) groups is 3. The van der Waals surface area contributed by atoms with Gasteiger partial charge in [0.25, 0.3) is 0 Å². The minimum atomic E-state index is -0.567. The molecule has 3 rings (SSSR count). The third-order valence-corrected chi connectivity index (χ3v) is 4.60. The van der Waals surface area contributed by atoms with E-state index >= 15 is 0 Å². The zero-order valence-electron chi connectivity index (χ0n) is 12.9. The Morgan fingerprint density at radius 2 is 2.17 bits per heavy atom. The minimum absolute atomic E-state index is 0.0836. The Kier molecular flexibility index (Phi) is 4.57. The molecule has 0 saturated carbocycles. The molecule has 0 unspecified atom stereocenters. The smallest absolute Gasteiger partial charge is 0.331 e. The van der Waals surface area contributed by atoms with Crippen LogP contribution in [0.5, 0.6) is 0 Å². The number of esters is 1. The zero-order valence-corrected chi connectivity index (χ0v) is 13.8. The maximum Gasteiger partial charge on any atom is 0.331 e. The normalized spacial score (nSPS) is 16.0. The van der Waals surface area contributed by atoms with Crippen LogP contribution in [0, 0.1) is 0 Å². The highest BCUT2D eigenvalue weighted by Crippen LogP contribution is 2.32. The fourth-order valence-corrected chi connectivity index (χ4v) is 3.01. The van der Waals surface area contributed by atoms with Crippen molar-refractivity contribution < 1.29 is 19.1 Å². The van der Waals surface area contributed by atoms with E-state index in [2.05, 4.69) is 5.32 Å². The number of rotatable bonds is 5. The number of nitrogens with one attached hydrogen (secondary N) is 1. The molecule has 5 nitrogen and oxygen atoms in total. The highest BCUT2D eigenvalue weighted by atomic mass is 32.1. The summed E-state index contributed by atoms with van der Waals surface area (Å²) in [5, 5.41) is 4.66. The van der Waals surface area contributed by atoms with E-state index in [1.807, 2.05) is 17.5 Å². The number of ether oxygens (including phenoxy) is 1. The number of benzene rings is 1. The van der Waals surface area contributed by atoms with Crippen LogP contribution >= 0.6 is 11.3 Å². The first kappa shape index (κ1) is 16.1. The van der Waals surface area contributed by atoms with Gasteiger partial charge < -0.3 is 10.1 Å². The Morgan fingerprint density at radius 1 is 1.33 bits per heavy atom. The molecule has 1 N–H and O–H groups in total. The SMILES string of the molecule is C[C@@H]1C(=O)Nc2ccc(C(=O)COC(=O)/C=C/c3cccs3)cc21. The molecule has 1 aromatic heterocycles. The third kappa shape index (κ3) is 3.44. The molecule has 0 aliphatic carbocycles. The molecular formula is C18H15NO4S. The average molecular weight is 341 g/mol. The lowest BCUT2D eigenvalue weighted by Gasteiger charge is -2.05. The fraction of sp³-hybridized carbons (Fsp3) is 0.167. The largest absolute Gasteiger partial charge is 0.454 e. The maximum atomic E-state index is 12.2. The Morgan fingerprint density at radius 3 is 2.92 bits per heavy atom. The van der Waals surface area contributed by atoms with Crippen LogP contribution in [0.3, 0.4) is 0 Å². The number of hydrogen-bond acceptors (Lipinski definition) is 5. The molecule has 1 atom stereocenters. The van der Waals surface area contributed by atoms with E-state index in [4.69, 9.17) is 4.74 Å². The predicted molar refractivity (Wildman–Crippen MR) is 92.1 cm³/mol. The third-order valence-electron chi connectivity index (χ3n) is 3.76. The molecule has 6 heteroatoms. The summed E-state index contributed by atoms with van der Waals surface area (Å²) in [6.45, 7) is 1.45. The van der Waals surface area contributed by atoms with Gasteiger partial charge in [0.15, 0.2) is 12.4 Å². The summed E-state index contributed by atoms with van der Waals surface area (Å²) >= 11 is 1.50. The molecular weight excluding hydrogens is 326 g/mol. The number of carbonyl (C=O) groups excluding carboxylic acids is 3. The van der Waals surface area contributed by atoms with Crippen LogP contribution < -0.4 is 5.32 Å². The van der Waals surface area contributed by atoms with Crippen LogP contribution in [0.1, 0.15) is 33.6 Å². The summed E-state index contributed by atoms with van der Waals surface area (Å²) in [7, 11) is 0. The Bertz CT molecular complexity index is 824. The summed E-state index contributed by atoms with van der Waals surface area (Å²) < 4.78 is 4.97. The van der Waals surface area contributed by atoms with Crippen molar-refractivity contribution in [3.63, 3.8) is 0 Å². The van der Waals surface area contributed by atoms with Gasteiger partial charge >= 0.3 is 5.97 Å². The van der Waals surface area contributed by atoms with Crippen molar-refractivity contribution in [2.24, 2.45) is 0 Å². The maximum absolute atomic E-state index is 12.2. The van der Waals surface area contributed by atoms with Gasteiger partial charge in [-0.15, -0.1) is 11.3 Å². The van der Waals surface area contributed by atoms with Crippen molar-refractivity contribution in [3.8, 4) is 0 Å². The van der Waals surface area contributed by atoms with E-state index in [0.29, 0.717) is 5.56 Å². The number of anilines is 1. The van der Waals surface area contributed by atoms with Gasteiger partial charge in [-0.1, -0.05) is 6.07 Å². The van der Waals surface area contributed by atoms with Crippen molar-refractivity contribution in [3.05, 3.63) is 57.8 Å². The first-order valence-corrected chi connectivity index (χ1v) is 8.29. The molecule has 2 aromatic rings. The van der Waals surface area contributed by atoms with Crippen molar-refractivity contribution in [1.82, 2.24) is 0 Å². The molecule has 1 aromatic carbocycles. The fourth-order valence-electron chi connectivity index (χ4n) is 2.39. The quantitative estimate of drug-likeness (QED) is 0.515. The standard InChI is InChI=1S/C18H15NO4S/c1-11-14-9-12(4-6-15(14)19-18(11)22)16(20)10-23-17(21)7-5-13-3-2-8-24-13/h2-9,11H,10H2,1H3,(H,19,22)/b7-5+/t11-/m0/s1. The van der Waals surface area contributed by atoms with Crippen molar-refractivity contribution in [2.75, 3.05) is 11.9 Å². The van der Waals surface area contributed by atoms with Gasteiger partial charge in [-0.3, -0.25) is 9.59 Å². The Balaban J connectivity index is 1.60. The molecule has 1 amide bonds. The second-order valence-corrected chi connectivity index (χ2v) is 6.37. The molecule has 0 spiro atoms. The van der Waals surface area contributed by atoms with Gasteiger partial charge in [0.2, 0.25) is 5.91 Å². The van der Waals surface area contributed by atoms with E-state index in [1.54, 1.807) is 31.2 Å². The summed E-state index contributed by atoms with van der Waals surface area (Å²) in [6.07, 6.45) is 2.94. The van der Waals surface area contributed by atoms with Gasteiger partial charge in [-0.2, -0.15) is 0 Å². The van der Waals surface area contributed by atoms with Crippen molar-refractivity contribution in [1.29, 1.82) is 0 Å². The lowest BCUT2D eigenvalue weighted by atomic mass is 9.99. The first-order chi connectivity index (χ1) is 11.5. The molecule has 0 fully saturated rings. The molecule has 24 heavy (non-hydrogen) atoms. The Hall–Kier alpha value is -2.73. The second kappa shape index (κ2) is 6.80. The van der Waals surface area contributed by atoms with Gasteiger partial charge in [0.1, 0.15) is 0 Å². The first-order valence-electron chi connectivity index (χ1n) is 7.41. The summed E-state index contributed by atoms with van der Waals surface area (Å²) in [5.74, 6) is -1.24. The lowest BCUT2D eigenvalue weighted by molar-refractivity contribution is -0.136. The van der Waals surface area contributed by atoms with Gasteiger partial charge in [-0.05, 0) is 48.2 Å². The summed E-state index contributed by atoms with van der Waals surface area (Å²) in [5.41, 5.74) is 1.93. The highest BCUT2D eigenvalue weighted by Gasteiger charge is 2.27. The monoisotopic (exact) mass is 341 g/mol. The van der Waals surface area contributed by atoms with E-state index in [9.17, 15) is 14.4 Å². The number of hydrogen-bond donors (Lipinski definition) is 1. The lowest BCUT2D eigenvalue weighted by Crippen LogP contribution is -2.12. The number of ketones is 1. The molecule has 0 saturated heterocycles. The van der Waals surface area contributed by atoms with Crippen molar-refractivity contribution >= 4 is 40.8 Å². The number of amides is 1. The topological polar surface area (TPSA) is 72.5 Å². The van der Waals surface area contributed by atoms with Crippen LogP contribution in [0.4, 0.5) is 5.69 Å². The number of fused-ring (bicyclic) bond motifs is 1. The van der Waals surface area contributed by atoms with Gasteiger partial charge in [0.05, 0.1) is 5.92 Å². The minimum Gasteiger partial charge on any atom is -0.454 e. The predicted octanol–water partition coefficient (Wildman–Crippen LogP) is 3.24. The molecule has 0 bridgehead atoms. The Labute approximate surface area is 143 Å². The van der Waals surface area contributed by atoms with Crippen LogP contribution in [-0.2, 0) is 14.3 Å².